The minimum Gasteiger partial charge on any atom is -0.497 e. The molecule has 0 saturated carbocycles. The number of imide groups is 1. The van der Waals surface area contributed by atoms with E-state index in [9.17, 15) is 9.59 Å². The molecule has 2 heterocycles. The van der Waals surface area contributed by atoms with E-state index in [0.717, 1.165) is 11.4 Å². The highest BCUT2D eigenvalue weighted by atomic mass is 32.2. The molecule has 0 fully saturated rings. The number of hydrogen-bond donors (Lipinski definition) is 3. The van der Waals surface area contributed by atoms with E-state index in [0.29, 0.717) is 39.9 Å². The number of aromatic nitrogens is 2. The highest BCUT2D eigenvalue weighted by molar-refractivity contribution is 8.01. The summed E-state index contributed by atoms with van der Waals surface area (Å²) in [5, 5.41) is 16.7. The number of carbonyl (C=O) groups is 2. The van der Waals surface area contributed by atoms with Crippen molar-refractivity contribution in [1.29, 1.82) is 0 Å². The average Bonchev–Trinajstić information content (AvgIpc) is 3.25. The lowest BCUT2D eigenvalue weighted by molar-refractivity contribution is -0.117. The van der Waals surface area contributed by atoms with Crippen LogP contribution in [0.15, 0.2) is 46.8 Å². The first-order chi connectivity index (χ1) is 15.6. The first-order valence-electron chi connectivity index (χ1n) is 9.47. The molecule has 0 bridgehead atoms. The number of anilines is 3. The van der Waals surface area contributed by atoms with Crippen LogP contribution in [0, 0.1) is 0 Å². The second-order valence-corrected chi connectivity index (χ2v) is 8.58. The third-order valence-corrected chi connectivity index (χ3v) is 6.08. The highest BCUT2D eigenvalue weighted by Gasteiger charge is 2.15. The molecule has 1 aliphatic heterocycles. The standard InChI is InChI=1S/C20H19N5O5S2/c1-28-14-4-2-3-12(9-14)22-19-24-25-20(32-19)31-11-17(26)23-18(27)21-13-5-6-15-16(10-13)30-8-7-29-15/h2-6,9-10H,7-8,11H2,1H3,(H,22,24)(H2,21,23,26,27). The van der Waals surface area contributed by atoms with Crippen LogP contribution >= 0.6 is 23.1 Å². The fourth-order valence-electron chi connectivity index (χ4n) is 2.72. The quantitative estimate of drug-likeness (QED) is 0.442. The number of ether oxygens (including phenoxy) is 3. The van der Waals surface area contributed by atoms with Gasteiger partial charge >= 0.3 is 6.03 Å². The van der Waals surface area contributed by atoms with Crippen molar-refractivity contribution in [3.8, 4) is 17.2 Å². The molecular formula is C20H19N5O5S2. The van der Waals surface area contributed by atoms with Gasteiger partial charge < -0.3 is 24.8 Å². The Bertz CT molecular complexity index is 1120. The number of hydrogen-bond acceptors (Lipinski definition) is 10. The van der Waals surface area contributed by atoms with Crippen LogP contribution in [0.4, 0.5) is 21.3 Å². The molecule has 3 N–H and O–H groups in total. The van der Waals surface area contributed by atoms with Crippen LogP contribution in [0.3, 0.4) is 0 Å². The molecule has 0 unspecified atom stereocenters. The smallest absolute Gasteiger partial charge is 0.325 e. The molecule has 0 radical (unpaired) electrons. The van der Waals surface area contributed by atoms with Gasteiger partial charge in [-0.3, -0.25) is 10.1 Å². The van der Waals surface area contributed by atoms with Crippen molar-refractivity contribution in [1.82, 2.24) is 15.5 Å². The Morgan fingerprint density at radius 2 is 1.94 bits per heavy atom. The third-order valence-electron chi connectivity index (χ3n) is 4.11. The van der Waals surface area contributed by atoms with Gasteiger partial charge in [0.2, 0.25) is 11.0 Å². The molecule has 0 saturated heterocycles. The Balaban J connectivity index is 1.24. The van der Waals surface area contributed by atoms with Gasteiger partial charge in [-0.25, -0.2) is 4.79 Å². The summed E-state index contributed by atoms with van der Waals surface area (Å²) in [5.41, 5.74) is 1.30. The molecule has 0 atom stereocenters. The Kier molecular flexibility index (Phi) is 6.92. The van der Waals surface area contributed by atoms with Crippen LogP contribution in [0.1, 0.15) is 0 Å². The minimum atomic E-state index is -0.634. The first kappa shape index (κ1) is 21.7. The average molecular weight is 474 g/mol. The summed E-state index contributed by atoms with van der Waals surface area (Å²) in [7, 11) is 1.60. The monoisotopic (exact) mass is 473 g/mol. The lowest BCUT2D eigenvalue weighted by atomic mass is 10.2. The van der Waals surface area contributed by atoms with Crippen LogP contribution in [-0.2, 0) is 4.79 Å². The number of nitrogens with zero attached hydrogens (tertiary/aromatic N) is 2. The van der Waals surface area contributed by atoms with Gasteiger partial charge in [-0.1, -0.05) is 29.2 Å². The molecular weight excluding hydrogens is 454 g/mol. The van der Waals surface area contributed by atoms with Crippen LogP contribution < -0.4 is 30.2 Å². The summed E-state index contributed by atoms with van der Waals surface area (Å²) >= 11 is 2.49. The van der Waals surface area contributed by atoms with Gasteiger partial charge in [-0.15, -0.1) is 10.2 Å². The number of nitrogens with one attached hydrogen (secondary N) is 3. The molecule has 4 rings (SSSR count). The summed E-state index contributed by atoms with van der Waals surface area (Å²) in [4.78, 5) is 24.2. The normalized spacial score (nSPS) is 12.0. The maximum Gasteiger partial charge on any atom is 0.325 e. The van der Waals surface area contributed by atoms with Crippen LogP contribution in [0.2, 0.25) is 0 Å². The van der Waals surface area contributed by atoms with Gasteiger partial charge in [-0.05, 0) is 24.3 Å². The molecule has 0 aliphatic carbocycles. The highest BCUT2D eigenvalue weighted by Crippen LogP contribution is 2.32. The predicted octanol–water partition coefficient (Wildman–Crippen LogP) is 3.50. The van der Waals surface area contributed by atoms with E-state index < -0.39 is 11.9 Å². The number of methoxy groups -OCH3 is 1. The third kappa shape index (κ3) is 5.80. The zero-order valence-corrected chi connectivity index (χ0v) is 18.5. The topological polar surface area (TPSA) is 124 Å². The zero-order chi connectivity index (χ0) is 22.3. The number of amides is 3. The summed E-state index contributed by atoms with van der Waals surface area (Å²) in [6.07, 6.45) is 0. The molecule has 10 nitrogen and oxygen atoms in total. The van der Waals surface area contributed by atoms with Crippen molar-refractivity contribution in [3.05, 3.63) is 42.5 Å². The fraction of sp³-hybridized carbons (Fsp3) is 0.200. The molecule has 1 aromatic heterocycles. The van der Waals surface area contributed by atoms with Gasteiger partial charge in [-0.2, -0.15) is 0 Å². The van der Waals surface area contributed by atoms with Crippen molar-refractivity contribution in [3.63, 3.8) is 0 Å². The van der Waals surface area contributed by atoms with Gasteiger partial charge in [0.05, 0.1) is 12.9 Å². The number of urea groups is 1. The molecule has 0 spiro atoms. The van der Waals surface area contributed by atoms with E-state index in [1.54, 1.807) is 25.3 Å². The van der Waals surface area contributed by atoms with Crippen LogP contribution in [0.5, 0.6) is 17.2 Å². The van der Waals surface area contributed by atoms with E-state index in [-0.39, 0.29) is 5.75 Å². The van der Waals surface area contributed by atoms with Crippen molar-refractivity contribution in [2.24, 2.45) is 0 Å². The molecule has 12 heteroatoms. The number of benzene rings is 2. The number of carbonyl (C=O) groups excluding carboxylic acids is 2. The maximum atomic E-state index is 12.1. The largest absolute Gasteiger partial charge is 0.497 e. The van der Waals surface area contributed by atoms with Gasteiger partial charge in [0.1, 0.15) is 19.0 Å². The Labute approximate surface area is 191 Å². The minimum absolute atomic E-state index is 0.0162. The summed E-state index contributed by atoms with van der Waals surface area (Å²) < 4.78 is 16.7. The van der Waals surface area contributed by atoms with Crippen LogP contribution in [0.25, 0.3) is 0 Å². The van der Waals surface area contributed by atoms with E-state index >= 15 is 0 Å². The van der Waals surface area contributed by atoms with Crippen molar-refractivity contribution >= 4 is 51.5 Å². The van der Waals surface area contributed by atoms with Gasteiger partial charge in [0, 0.05) is 23.5 Å². The first-order valence-corrected chi connectivity index (χ1v) is 11.3. The van der Waals surface area contributed by atoms with Crippen LogP contribution in [-0.4, -0.2) is 48.2 Å². The van der Waals surface area contributed by atoms with Gasteiger partial charge in [0.25, 0.3) is 0 Å². The Morgan fingerprint density at radius 1 is 1.09 bits per heavy atom. The SMILES string of the molecule is COc1cccc(Nc2nnc(SCC(=O)NC(=O)Nc3ccc4c(c3)OCCO4)s2)c1. The Morgan fingerprint density at radius 3 is 2.78 bits per heavy atom. The molecule has 32 heavy (non-hydrogen) atoms. The van der Waals surface area contributed by atoms with Gasteiger partial charge in [0.15, 0.2) is 15.8 Å². The number of thioether (sulfide) groups is 1. The molecule has 3 amide bonds. The molecule has 166 valence electrons. The van der Waals surface area contributed by atoms with Crippen molar-refractivity contribution in [2.45, 2.75) is 4.34 Å². The lowest BCUT2D eigenvalue weighted by Gasteiger charge is -2.19. The molecule has 2 aromatic carbocycles. The summed E-state index contributed by atoms with van der Waals surface area (Å²) in [6.45, 7) is 0.931. The molecule has 1 aliphatic rings. The van der Waals surface area contributed by atoms with E-state index in [1.165, 1.54) is 23.1 Å². The number of fused-ring (bicyclic) bond motifs is 1. The lowest BCUT2D eigenvalue weighted by Crippen LogP contribution is -2.35. The van der Waals surface area contributed by atoms with Crippen molar-refractivity contribution in [2.75, 3.05) is 36.7 Å². The summed E-state index contributed by atoms with van der Waals surface area (Å²) in [5.74, 6) is 1.45. The second kappa shape index (κ2) is 10.2. The zero-order valence-electron chi connectivity index (χ0n) is 16.9. The maximum absolute atomic E-state index is 12.1. The van der Waals surface area contributed by atoms with E-state index in [1.807, 2.05) is 24.3 Å². The van der Waals surface area contributed by atoms with E-state index in [4.69, 9.17) is 14.2 Å². The second-order valence-electron chi connectivity index (χ2n) is 6.38. The van der Waals surface area contributed by atoms with E-state index in [2.05, 4.69) is 26.1 Å². The molecule has 3 aromatic rings. The predicted molar refractivity (Wildman–Crippen MR) is 122 cm³/mol. The van der Waals surface area contributed by atoms with Crippen molar-refractivity contribution < 1.29 is 23.8 Å². The fourth-order valence-corrected chi connectivity index (χ4v) is 4.29. The Hall–Kier alpha value is -3.51. The number of rotatable bonds is 7. The summed E-state index contributed by atoms with van der Waals surface area (Å²) in [6, 6.07) is 11.8.